The summed E-state index contributed by atoms with van der Waals surface area (Å²) < 4.78 is 1.67. The first kappa shape index (κ1) is 21.1. The van der Waals surface area contributed by atoms with Gasteiger partial charge in [0.2, 0.25) is 12.3 Å². The first-order valence-corrected chi connectivity index (χ1v) is 10.5. The SMILES string of the molecule is Cc1cccc(C(=O)N[C@H]2C(=O)N/[N+](=C\c3ccc(Cl)cc3Cl)[C@@H]2c2ccccc2)c1. The lowest BCUT2D eigenvalue weighted by Crippen LogP contribution is -2.42. The van der Waals surface area contributed by atoms with Gasteiger partial charge >= 0.3 is 5.91 Å². The van der Waals surface area contributed by atoms with E-state index in [0.29, 0.717) is 21.2 Å². The molecule has 0 unspecified atom stereocenters. The van der Waals surface area contributed by atoms with Gasteiger partial charge in [-0.15, -0.1) is 10.1 Å². The first-order valence-electron chi connectivity index (χ1n) is 9.73. The summed E-state index contributed by atoms with van der Waals surface area (Å²) in [6.07, 6.45) is 1.74. The van der Waals surface area contributed by atoms with Gasteiger partial charge < -0.3 is 5.32 Å². The number of halogens is 2. The van der Waals surface area contributed by atoms with Crippen molar-refractivity contribution in [3.8, 4) is 0 Å². The molecule has 0 aliphatic carbocycles. The van der Waals surface area contributed by atoms with E-state index >= 15 is 0 Å². The monoisotopic (exact) mass is 452 g/mol. The third-order valence-electron chi connectivity index (χ3n) is 5.09. The molecule has 2 atom stereocenters. The molecular formula is C24H20Cl2N3O2+. The van der Waals surface area contributed by atoms with Gasteiger partial charge in [-0.25, -0.2) is 0 Å². The quantitative estimate of drug-likeness (QED) is 0.579. The molecule has 0 saturated carbocycles. The zero-order valence-corrected chi connectivity index (χ0v) is 18.2. The Bertz CT molecular complexity index is 1180. The molecule has 0 radical (unpaired) electrons. The molecule has 0 aromatic heterocycles. The summed E-state index contributed by atoms with van der Waals surface area (Å²) in [6.45, 7) is 1.92. The maximum Gasteiger partial charge on any atom is 0.304 e. The van der Waals surface area contributed by atoms with Crippen LogP contribution in [0.2, 0.25) is 10.0 Å². The van der Waals surface area contributed by atoms with E-state index in [4.69, 9.17) is 23.2 Å². The van der Waals surface area contributed by atoms with Crippen LogP contribution in [0.15, 0.2) is 72.8 Å². The van der Waals surface area contributed by atoms with E-state index in [0.717, 1.165) is 11.1 Å². The molecule has 1 saturated heterocycles. The highest BCUT2D eigenvalue weighted by atomic mass is 35.5. The number of hydrazine groups is 1. The van der Waals surface area contributed by atoms with Crippen LogP contribution < -0.4 is 10.7 Å². The fourth-order valence-corrected chi connectivity index (χ4v) is 4.05. The Balaban J connectivity index is 1.71. The van der Waals surface area contributed by atoms with E-state index in [-0.39, 0.29) is 11.8 Å². The average molecular weight is 453 g/mol. The first-order chi connectivity index (χ1) is 14.9. The molecule has 3 aromatic rings. The average Bonchev–Trinajstić information content (AvgIpc) is 3.05. The summed E-state index contributed by atoms with van der Waals surface area (Å²) in [5.74, 6) is -0.618. The number of hydrazone groups is 1. The van der Waals surface area contributed by atoms with Gasteiger partial charge in [0, 0.05) is 16.1 Å². The standard InChI is InChI=1S/C24H19Cl2N3O2/c1-15-6-5-9-17(12-15)23(30)27-21-22(16-7-3-2-4-8-16)29(28-24(21)31)14-18-10-11-19(25)13-20(18)26/h2-14,21-22H,1H3,(H-,27,28,30,31)/p+1/b29-14-/t21-,22-/m1/s1. The third-order valence-corrected chi connectivity index (χ3v) is 5.65. The van der Waals surface area contributed by atoms with Gasteiger partial charge in [-0.2, -0.15) is 0 Å². The number of aryl methyl sites for hydroxylation is 1. The number of benzene rings is 3. The lowest BCUT2D eigenvalue weighted by molar-refractivity contribution is -0.596. The Kier molecular flexibility index (Phi) is 6.07. The van der Waals surface area contributed by atoms with E-state index in [1.54, 1.807) is 41.2 Å². The number of carbonyl (C=O) groups excluding carboxylic acids is 2. The lowest BCUT2D eigenvalue weighted by atomic mass is 9.99. The molecule has 2 amide bonds. The van der Waals surface area contributed by atoms with Crippen molar-refractivity contribution in [2.75, 3.05) is 0 Å². The van der Waals surface area contributed by atoms with Crippen molar-refractivity contribution in [1.82, 2.24) is 10.7 Å². The van der Waals surface area contributed by atoms with Crippen molar-refractivity contribution in [2.24, 2.45) is 0 Å². The van der Waals surface area contributed by atoms with Crippen LogP contribution >= 0.6 is 23.2 Å². The van der Waals surface area contributed by atoms with E-state index in [2.05, 4.69) is 10.7 Å². The number of nitrogens with one attached hydrogen (secondary N) is 2. The summed E-state index contributed by atoms with van der Waals surface area (Å²) in [5, 5.41) is 3.88. The number of nitrogens with zero attached hydrogens (tertiary/aromatic N) is 1. The number of carbonyl (C=O) groups is 2. The smallest absolute Gasteiger partial charge is 0.304 e. The molecule has 0 bridgehead atoms. The molecule has 3 aromatic carbocycles. The van der Waals surface area contributed by atoms with Crippen LogP contribution in [-0.4, -0.2) is 28.8 Å². The van der Waals surface area contributed by atoms with Crippen LogP contribution in [0.3, 0.4) is 0 Å². The van der Waals surface area contributed by atoms with Crippen molar-refractivity contribution in [1.29, 1.82) is 0 Å². The minimum Gasteiger partial charge on any atom is -0.334 e. The van der Waals surface area contributed by atoms with Crippen molar-refractivity contribution in [2.45, 2.75) is 19.0 Å². The number of rotatable bonds is 4. The van der Waals surface area contributed by atoms with Gasteiger partial charge in [-0.05, 0) is 37.3 Å². The van der Waals surface area contributed by atoms with Crippen LogP contribution in [0, 0.1) is 6.92 Å². The Morgan fingerprint density at radius 1 is 1.03 bits per heavy atom. The van der Waals surface area contributed by atoms with Crippen LogP contribution in [0.25, 0.3) is 0 Å². The topological polar surface area (TPSA) is 61.2 Å². The maximum atomic E-state index is 12.9. The molecule has 4 rings (SSSR count). The van der Waals surface area contributed by atoms with Gasteiger partial charge in [0.05, 0.1) is 10.6 Å². The predicted molar refractivity (Wildman–Crippen MR) is 122 cm³/mol. The Morgan fingerprint density at radius 2 is 1.81 bits per heavy atom. The summed E-state index contributed by atoms with van der Waals surface area (Å²) in [4.78, 5) is 25.8. The number of hydrogen-bond acceptors (Lipinski definition) is 2. The molecule has 156 valence electrons. The zero-order valence-electron chi connectivity index (χ0n) is 16.7. The highest BCUT2D eigenvalue weighted by molar-refractivity contribution is 6.36. The second-order valence-corrected chi connectivity index (χ2v) is 8.20. The second-order valence-electron chi connectivity index (χ2n) is 7.35. The molecule has 1 aliphatic heterocycles. The van der Waals surface area contributed by atoms with Gasteiger partial charge in [-0.3, -0.25) is 9.59 Å². The molecule has 1 aliphatic rings. The highest BCUT2D eigenvalue weighted by Crippen LogP contribution is 2.26. The van der Waals surface area contributed by atoms with E-state index in [9.17, 15) is 9.59 Å². The van der Waals surface area contributed by atoms with Crippen LogP contribution in [0.5, 0.6) is 0 Å². The molecule has 31 heavy (non-hydrogen) atoms. The second kappa shape index (κ2) is 8.92. The van der Waals surface area contributed by atoms with Crippen molar-refractivity contribution in [3.05, 3.63) is 105 Å². The van der Waals surface area contributed by atoms with Crippen LogP contribution in [0.1, 0.15) is 33.1 Å². The number of hydrogen-bond donors (Lipinski definition) is 2. The van der Waals surface area contributed by atoms with Crippen LogP contribution in [-0.2, 0) is 4.79 Å². The van der Waals surface area contributed by atoms with Crippen molar-refractivity contribution < 1.29 is 14.3 Å². The summed E-state index contributed by atoms with van der Waals surface area (Å²) >= 11 is 12.3. The summed E-state index contributed by atoms with van der Waals surface area (Å²) in [5.41, 5.74) is 5.88. The minimum atomic E-state index is -0.794. The van der Waals surface area contributed by atoms with Gasteiger partial charge in [0.25, 0.3) is 5.91 Å². The molecule has 2 N–H and O–H groups in total. The minimum absolute atomic E-state index is 0.309. The molecule has 1 heterocycles. The molecule has 5 nitrogen and oxygen atoms in total. The normalized spacial score (nSPS) is 19.3. The fraction of sp³-hybridized carbons (Fsp3) is 0.125. The molecule has 0 spiro atoms. The molecular weight excluding hydrogens is 433 g/mol. The predicted octanol–water partition coefficient (Wildman–Crippen LogP) is 4.32. The Labute approximate surface area is 190 Å². The van der Waals surface area contributed by atoms with Crippen molar-refractivity contribution >= 4 is 41.2 Å². The van der Waals surface area contributed by atoms with Gasteiger partial charge in [0.1, 0.15) is 0 Å². The van der Waals surface area contributed by atoms with Crippen molar-refractivity contribution in [3.63, 3.8) is 0 Å². The van der Waals surface area contributed by atoms with Gasteiger partial charge in [-0.1, -0.05) is 71.2 Å². The lowest BCUT2D eigenvalue weighted by Gasteiger charge is -2.15. The summed E-state index contributed by atoms with van der Waals surface area (Å²) in [7, 11) is 0. The fourth-order valence-electron chi connectivity index (χ4n) is 3.60. The largest absolute Gasteiger partial charge is 0.334 e. The highest BCUT2D eigenvalue weighted by Gasteiger charge is 2.47. The van der Waals surface area contributed by atoms with E-state index < -0.39 is 12.1 Å². The third kappa shape index (κ3) is 4.63. The summed E-state index contributed by atoms with van der Waals surface area (Å²) in [6, 6.07) is 20.7. The molecule has 7 heteroatoms. The van der Waals surface area contributed by atoms with E-state index in [1.807, 2.05) is 49.4 Å². The Morgan fingerprint density at radius 3 is 2.52 bits per heavy atom. The molecule has 1 fully saturated rings. The van der Waals surface area contributed by atoms with Gasteiger partial charge in [0.15, 0.2) is 6.04 Å². The number of amides is 2. The Hall–Kier alpha value is -3.15. The maximum absolute atomic E-state index is 12.9. The van der Waals surface area contributed by atoms with E-state index in [1.165, 1.54) is 0 Å². The van der Waals surface area contributed by atoms with Crippen LogP contribution in [0.4, 0.5) is 0 Å². The zero-order chi connectivity index (χ0) is 22.0.